The number of nitrogens with zero attached hydrogens (tertiary/aromatic N) is 1. The van der Waals surface area contributed by atoms with E-state index < -0.39 is 0 Å². The molecule has 0 aromatic heterocycles. The van der Waals surface area contributed by atoms with E-state index in [2.05, 4.69) is 6.92 Å². The zero-order valence-electron chi connectivity index (χ0n) is 12.3. The van der Waals surface area contributed by atoms with Crippen LogP contribution < -0.4 is 4.74 Å². The number of hydrogen-bond acceptors (Lipinski definition) is 2. The molecular formula is C16H25NO2. The van der Waals surface area contributed by atoms with E-state index in [0.29, 0.717) is 5.56 Å². The summed E-state index contributed by atoms with van der Waals surface area (Å²) in [6.45, 7) is 2.97. The monoisotopic (exact) mass is 263 g/mol. The smallest absolute Gasteiger partial charge is 0.253 e. The van der Waals surface area contributed by atoms with Gasteiger partial charge >= 0.3 is 0 Å². The molecule has 0 bridgehead atoms. The van der Waals surface area contributed by atoms with Crippen LogP contribution in [0.1, 0.15) is 49.4 Å². The number of ether oxygens (including phenoxy) is 1. The summed E-state index contributed by atoms with van der Waals surface area (Å²) in [5.41, 5.74) is 0.695. The lowest BCUT2D eigenvalue weighted by molar-refractivity contribution is 0.0827. The minimum Gasteiger partial charge on any atom is -0.494 e. The molecule has 0 fully saturated rings. The first-order chi connectivity index (χ1) is 9.15. The Hall–Kier alpha value is -1.51. The van der Waals surface area contributed by atoms with E-state index >= 15 is 0 Å². The van der Waals surface area contributed by atoms with Gasteiger partial charge in [0.1, 0.15) is 5.75 Å². The van der Waals surface area contributed by atoms with Crippen molar-refractivity contribution in [3.63, 3.8) is 0 Å². The highest BCUT2D eigenvalue weighted by Gasteiger charge is 2.07. The third kappa shape index (κ3) is 5.77. The quantitative estimate of drug-likeness (QED) is 0.669. The molecule has 0 atom stereocenters. The minimum atomic E-state index is 0.0196. The molecule has 0 radical (unpaired) electrons. The molecule has 106 valence electrons. The van der Waals surface area contributed by atoms with Crippen LogP contribution in [0.2, 0.25) is 0 Å². The van der Waals surface area contributed by atoms with Gasteiger partial charge in [0.05, 0.1) is 6.61 Å². The number of rotatable bonds is 8. The summed E-state index contributed by atoms with van der Waals surface area (Å²) < 4.78 is 5.66. The Morgan fingerprint density at radius 3 is 2.26 bits per heavy atom. The molecule has 19 heavy (non-hydrogen) atoms. The molecule has 0 aliphatic rings. The van der Waals surface area contributed by atoms with Gasteiger partial charge in [-0.1, -0.05) is 32.6 Å². The molecule has 0 unspecified atom stereocenters. The molecule has 0 saturated heterocycles. The van der Waals surface area contributed by atoms with Crippen LogP contribution in [-0.2, 0) is 0 Å². The molecule has 3 nitrogen and oxygen atoms in total. The number of carbonyl (C=O) groups excluding carboxylic acids is 1. The number of unbranched alkanes of at least 4 members (excludes halogenated alkanes) is 4. The van der Waals surface area contributed by atoms with Crippen molar-refractivity contribution in [2.45, 2.75) is 39.0 Å². The lowest BCUT2D eigenvalue weighted by atomic mass is 10.2. The topological polar surface area (TPSA) is 29.5 Å². The first kappa shape index (κ1) is 15.5. The predicted octanol–water partition coefficient (Wildman–Crippen LogP) is 3.74. The molecule has 1 amide bonds. The van der Waals surface area contributed by atoms with Crippen LogP contribution in [-0.4, -0.2) is 31.5 Å². The molecule has 0 aliphatic heterocycles. The van der Waals surface area contributed by atoms with Crippen molar-refractivity contribution in [1.29, 1.82) is 0 Å². The van der Waals surface area contributed by atoms with E-state index in [1.165, 1.54) is 25.7 Å². The summed E-state index contributed by atoms with van der Waals surface area (Å²) in [6, 6.07) is 7.36. The maximum atomic E-state index is 11.7. The summed E-state index contributed by atoms with van der Waals surface area (Å²) in [5.74, 6) is 0.858. The lowest BCUT2D eigenvalue weighted by Gasteiger charge is -2.11. The van der Waals surface area contributed by atoms with Crippen LogP contribution >= 0.6 is 0 Å². The average Bonchev–Trinajstić information content (AvgIpc) is 2.42. The lowest BCUT2D eigenvalue weighted by Crippen LogP contribution is -2.21. The Morgan fingerprint density at radius 2 is 1.68 bits per heavy atom. The Balaban J connectivity index is 2.30. The largest absolute Gasteiger partial charge is 0.494 e. The van der Waals surface area contributed by atoms with E-state index in [4.69, 9.17) is 4.74 Å². The van der Waals surface area contributed by atoms with Gasteiger partial charge in [-0.15, -0.1) is 0 Å². The van der Waals surface area contributed by atoms with Gasteiger partial charge in [-0.05, 0) is 30.7 Å². The number of carbonyl (C=O) groups is 1. The highest BCUT2D eigenvalue weighted by Crippen LogP contribution is 2.14. The average molecular weight is 263 g/mol. The van der Waals surface area contributed by atoms with Crippen LogP contribution in [0.5, 0.6) is 5.75 Å². The van der Waals surface area contributed by atoms with E-state index in [1.54, 1.807) is 19.0 Å². The fourth-order valence-corrected chi connectivity index (χ4v) is 1.85. The SMILES string of the molecule is CCCCCCCOc1ccc(C(=O)N(C)C)cc1. The standard InChI is InChI=1S/C16H25NO2/c1-4-5-6-7-8-13-19-15-11-9-14(10-12-15)16(18)17(2)3/h9-12H,4-8,13H2,1-3H3. The van der Waals surface area contributed by atoms with Crippen molar-refractivity contribution >= 4 is 5.91 Å². The first-order valence-corrected chi connectivity index (χ1v) is 7.09. The van der Waals surface area contributed by atoms with E-state index in [9.17, 15) is 4.79 Å². The van der Waals surface area contributed by atoms with Crippen LogP contribution in [0.3, 0.4) is 0 Å². The van der Waals surface area contributed by atoms with Gasteiger partial charge in [0.15, 0.2) is 0 Å². The predicted molar refractivity (Wildman–Crippen MR) is 78.7 cm³/mol. The Bertz CT molecular complexity index is 371. The van der Waals surface area contributed by atoms with Gasteiger partial charge in [-0.25, -0.2) is 0 Å². The van der Waals surface area contributed by atoms with Crippen molar-refractivity contribution in [3.05, 3.63) is 29.8 Å². The second kappa shape index (κ2) is 8.57. The second-order valence-electron chi connectivity index (χ2n) is 4.99. The molecule has 3 heteroatoms. The maximum Gasteiger partial charge on any atom is 0.253 e. The number of hydrogen-bond donors (Lipinski definition) is 0. The van der Waals surface area contributed by atoms with Crippen molar-refractivity contribution < 1.29 is 9.53 Å². The molecule has 1 aromatic rings. The Morgan fingerprint density at radius 1 is 1.05 bits per heavy atom. The molecule has 0 N–H and O–H groups in total. The fourth-order valence-electron chi connectivity index (χ4n) is 1.85. The third-order valence-electron chi connectivity index (χ3n) is 3.02. The molecule has 0 saturated carbocycles. The van der Waals surface area contributed by atoms with Gasteiger partial charge in [0, 0.05) is 19.7 Å². The highest BCUT2D eigenvalue weighted by atomic mass is 16.5. The molecule has 1 aromatic carbocycles. The van der Waals surface area contributed by atoms with E-state index in [-0.39, 0.29) is 5.91 Å². The fraction of sp³-hybridized carbons (Fsp3) is 0.562. The van der Waals surface area contributed by atoms with Crippen LogP contribution in [0.25, 0.3) is 0 Å². The molecule has 0 heterocycles. The number of benzene rings is 1. The Labute approximate surface area is 116 Å². The first-order valence-electron chi connectivity index (χ1n) is 7.09. The van der Waals surface area contributed by atoms with E-state index in [1.807, 2.05) is 24.3 Å². The number of amides is 1. The highest BCUT2D eigenvalue weighted by molar-refractivity contribution is 5.93. The Kier molecular flexibility index (Phi) is 7.01. The minimum absolute atomic E-state index is 0.0196. The summed E-state index contributed by atoms with van der Waals surface area (Å²) in [6.07, 6.45) is 6.18. The van der Waals surface area contributed by atoms with Crippen LogP contribution in [0.15, 0.2) is 24.3 Å². The molecule has 0 spiro atoms. The van der Waals surface area contributed by atoms with Crippen molar-refractivity contribution in [2.24, 2.45) is 0 Å². The molecular weight excluding hydrogens is 238 g/mol. The summed E-state index contributed by atoms with van der Waals surface area (Å²) in [4.78, 5) is 13.3. The van der Waals surface area contributed by atoms with Crippen LogP contribution in [0.4, 0.5) is 0 Å². The molecule has 0 aliphatic carbocycles. The van der Waals surface area contributed by atoms with Gasteiger partial charge in [-0.3, -0.25) is 4.79 Å². The van der Waals surface area contributed by atoms with Crippen LogP contribution in [0, 0.1) is 0 Å². The zero-order valence-corrected chi connectivity index (χ0v) is 12.3. The zero-order chi connectivity index (χ0) is 14.1. The summed E-state index contributed by atoms with van der Waals surface area (Å²) in [7, 11) is 3.51. The second-order valence-corrected chi connectivity index (χ2v) is 4.99. The molecule has 1 rings (SSSR count). The van der Waals surface area contributed by atoms with Gasteiger partial charge < -0.3 is 9.64 Å². The summed E-state index contributed by atoms with van der Waals surface area (Å²) in [5, 5.41) is 0. The third-order valence-corrected chi connectivity index (χ3v) is 3.02. The van der Waals surface area contributed by atoms with Gasteiger partial charge in [0.25, 0.3) is 5.91 Å². The normalized spacial score (nSPS) is 10.3. The van der Waals surface area contributed by atoms with Crippen molar-refractivity contribution in [2.75, 3.05) is 20.7 Å². The van der Waals surface area contributed by atoms with E-state index in [0.717, 1.165) is 18.8 Å². The maximum absolute atomic E-state index is 11.7. The van der Waals surface area contributed by atoms with Crippen molar-refractivity contribution in [3.8, 4) is 5.75 Å². The van der Waals surface area contributed by atoms with Gasteiger partial charge in [0.2, 0.25) is 0 Å². The van der Waals surface area contributed by atoms with Crippen molar-refractivity contribution in [1.82, 2.24) is 4.90 Å². The van der Waals surface area contributed by atoms with Gasteiger partial charge in [-0.2, -0.15) is 0 Å². The summed E-state index contributed by atoms with van der Waals surface area (Å²) >= 11 is 0.